The smallest absolute Gasteiger partial charge is 0.478 e. The van der Waals surface area contributed by atoms with Crippen LogP contribution in [0.25, 0.3) is 39.5 Å². The fourth-order valence-corrected chi connectivity index (χ4v) is 9.98. The van der Waals surface area contributed by atoms with Crippen LogP contribution in [0.5, 0.6) is 0 Å². The lowest BCUT2D eigenvalue weighted by Crippen LogP contribution is -2.33. The summed E-state index contributed by atoms with van der Waals surface area (Å²) < 4.78 is 58.6. The molecule has 6 rings (SSSR count). The van der Waals surface area contributed by atoms with Crippen molar-refractivity contribution in [1.82, 2.24) is 20.2 Å². The third-order valence-electron chi connectivity index (χ3n) is 9.94. The van der Waals surface area contributed by atoms with Crippen LogP contribution in [0.2, 0.25) is 0 Å². The predicted octanol–water partition coefficient (Wildman–Crippen LogP) is 2.93. The summed E-state index contributed by atoms with van der Waals surface area (Å²) in [4.78, 5) is 102. The van der Waals surface area contributed by atoms with E-state index in [1.807, 2.05) is 0 Å². The Bertz CT molecular complexity index is 3040. The van der Waals surface area contributed by atoms with E-state index in [4.69, 9.17) is 30.1 Å². The first-order valence-electron chi connectivity index (χ1n) is 19.9. The number of anilines is 1. The van der Waals surface area contributed by atoms with Gasteiger partial charge in [-0.25, -0.2) is 23.3 Å². The molecule has 0 radical (unpaired) electrons. The zero-order valence-electron chi connectivity index (χ0n) is 34.7. The first-order valence-corrected chi connectivity index (χ1v) is 24.4. The SMILES string of the molecule is N=c1ccc2c(-c3cc(C(=O)NCCCCCC(=O)NC/C=C/c4cn([C@H]5C[C@H](O)[C@@H](COP(=O)(O)OP(=O)(O)OP(=O)(O)O)O5)c(=O)[nH]c4=O)ccc3C(=O)O)c3ccc(N)cc3oc-2c1. The third kappa shape index (κ3) is 13.4. The molecule has 3 aliphatic rings. The summed E-state index contributed by atoms with van der Waals surface area (Å²) in [7, 11) is -16.9. The fraction of sp³-hybridized carbons (Fsp3) is 0.282. The summed E-state index contributed by atoms with van der Waals surface area (Å²) in [6.45, 7) is -0.738. The number of H-pyrrole nitrogens is 1. The van der Waals surface area contributed by atoms with Gasteiger partial charge in [0.2, 0.25) is 5.91 Å². The Labute approximate surface area is 377 Å². The number of phosphoric acid groups is 3. The van der Waals surface area contributed by atoms with Crippen LogP contribution >= 0.6 is 23.5 Å². The number of aliphatic hydroxyl groups is 1. The van der Waals surface area contributed by atoms with Gasteiger partial charge >= 0.3 is 35.1 Å². The highest BCUT2D eigenvalue weighted by Gasteiger charge is 2.43. The second kappa shape index (κ2) is 20.9. The minimum absolute atomic E-state index is 0.0138. The molecular weight excluding hydrogens is 949 g/mol. The highest BCUT2D eigenvalue weighted by atomic mass is 31.3. The maximum absolute atomic E-state index is 13.3. The molecule has 25 nitrogen and oxygen atoms in total. The number of aromatic carboxylic acids is 1. The van der Waals surface area contributed by atoms with Crippen molar-refractivity contribution in [3.63, 3.8) is 0 Å². The normalized spacial score (nSPS) is 18.2. The van der Waals surface area contributed by atoms with E-state index >= 15 is 0 Å². The number of amides is 2. The lowest BCUT2D eigenvalue weighted by molar-refractivity contribution is -0.121. The number of nitrogens with zero attached hydrogens (tertiary/aromatic N) is 1. The Morgan fingerprint density at radius 1 is 0.940 bits per heavy atom. The summed E-state index contributed by atoms with van der Waals surface area (Å²) in [5.74, 6) is -1.65. The van der Waals surface area contributed by atoms with Crippen molar-refractivity contribution in [1.29, 1.82) is 5.41 Å². The molecule has 1 aliphatic carbocycles. The molecule has 1 aromatic heterocycles. The van der Waals surface area contributed by atoms with Gasteiger partial charge in [0, 0.05) is 72.0 Å². The number of carbonyl (C=O) groups is 3. The molecule has 2 aliphatic heterocycles. The third-order valence-corrected chi connectivity index (χ3v) is 13.7. The number of hydrogen-bond donors (Lipinski definition) is 11. The minimum atomic E-state index is -5.79. The molecule has 67 heavy (non-hydrogen) atoms. The number of aromatic nitrogens is 2. The standard InChI is InChI=1S/C39H43N6O19P3/c40-23-8-11-26-30(16-23)61-31-17-24(41)9-12-27(31)35(26)28-15-21(7-10-25(28)38(50)51)36(48)43-13-3-1-2-6-33(47)42-14-4-5-22-19-45(39(52)44-37(22)49)34-18-29(46)32(62-34)20-60-66(56,57)64-67(58,59)63-65(53,54)55/h4-5,7-12,15-17,19,29,32,34,40,46H,1-3,6,13-14,18,20,41H2,(H,42,47)(H,43,48)(H,50,51)(H,56,57)(H,58,59)(H,44,49,52)(H2,53,54,55)/b5-4+,40-23?/t29-,32+,34+/m0/s1. The van der Waals surface area contributed by atoms with Gasteiger partial charge in [-0.15, -0.1) is 0 Å². The van der Waals surface area contributed by atoms with Crippen LogP contribution in [0.4, 0.5) is 5.69 Å². The molecule has 3 aromatic rings. The molecule has 1 saturated heterocycles. The second-order valence-corrected chi connectivity index (χ2v) is 19.3. The van der Waals surface area contributed by atoms with Crippen molar-refractivity contribution >= 4 is 64.0 Å². The number of aliphatic hydroxyl groups excluding tert-OH is 1. The van der Waals surface area contributed by atoms with E-state index in [1.54, 1.807) is 30.3 Å². The number of nitrogens with two attached hydrogens (primary N) is 1. The lowest BCUT2D eigenvalue weighted by Gasteiger charge is -2.19. The Hall–Kier alpha value is -5.91. The summed E-state index contributed by atoms with van der Waals surface area (Å²) >= 11 is 0. The number of aromatic amines is 1. The number of phosphoric ester groups is 1. The molecular formula is C39H43N6O19P3. The van der Waals surface area contributed by atoms with Gasteiger partial charge in [-0.05, 0) is 60.9 Å². The highest BCUT2D eigenvalue weighted by molar-refractivity contribution is 7.66. The van der Waals surface area contributed by atoms with Crippen molar-refractivity contribution in [2.24, 2.45) is 0 Å². The summed E-state index contributed by atoms with van der Waals surface area (Å²) in [6.07, 6.45) is 1.05. The number of hydrogen-bond acceptors (Lipinski definition) is 16. The zero-order valence-corrected chi connectivity index (χ0v) is 37.4. The molecule has 28 heteroatoms. The van der Waals surface area contributed by atoms with Crippen LogP contribution < -0.4 is 33.0 Å². The van der Waals surface area contributed by atoms with E-state index in [0.29, 0.717) is 52.8 Å². The van der Waals surface area contributed by atoms with Crippen molar-refractivity contribution in [3.8, 4) is 22.5 Å². The summed E-state index contributed by atoms with van der Waals surface area (Å²) in [5.41, 5.74) is 6.40. The number of carboxylic acid groups (broad SMARTS) is 1. The predicted molar refractivity (Wildman–Crippen MR) is 234 cm³/mol. The molecule has 0 spiro atoms. The van der Waals surface area contributed by atoms with Crippen molar-refractivity contribution in [2.75, 3.05) is 25.4 Å². The number of rotatable bonds is 20. The molecule has 2 unspecified atom stereocenters. The Balaban J connectivity index is 0.965. The van der Waals surface area contributed by atoms with Gasteiger partial charge in [-0.2, -0.15) is 8.62 Å². The van der Waals surface area contributed by atoms with Crippen molar-refractivity contribution in [2.45, 2.75) is 50.5 Å². The van der Waals surface area contributed by atoms with Gasteiger partial charge < -0.3 is 60.7 Å². The molecule has 2 amide bonds. The Morgan fingerprint density at radius 3 is 2.43 bits per heavy atom. The van der Waals surface area contributed by atoms with E-state index in [0.717, 1.165) is 10.8 Å². The van der Waals surface area contributed by atoms with E-state index in [2.05, 4.69) is 28.8 Å². The molecule has 2 aromatic carbocycles. The van der Waals surface area contributed by atoms with E-state index in [9.17, 15) is 57.7 Å². The largest absolute Gasteiger partial charge is 0.490 e. The van der Waals surface area contributed by atoms with E-state index in [-0.39, 0.29) is 59.4 Å². The van der Waals surface area contributed by atoms with Crippen molar-refractivity contribution in [3.05, 3.63) is 110 Å². The van der Waals surface area contributed by atoms with Gasteiger partial charge in [0.15, 0.2) is 0 Å². The second-order valence-electron chi connectivity index (χ2n) is 14.9. The molecule has 5 atom stereocenters. The molecule has 1 fully saturated rings. The summed E-state index contributed by atoms with van der Waals surface area (Å²) in [6, 6.07) is 13.9. The maximum Gasteiger partial charge on any atom is 0.490 e. The topological polar surface area (TPSA) is 403 Å². The van der Waals surface area contributed by atoms with Gasteiger partial charge in [0.25, 0.3) is 11.5 Å². The lowest BCUT2D eigenvalue weighted by atomic mass is 9.89. The number of fused-ring (bicyclic) bond motifs is 2. The van der Waals surface area contributed by atoms with Gasteiger partial charge in [-0.3, -0.25) is 28.5 Å². The van der Waals surface area contributed by atoms with Gasteiger partial charge in [0.05, 0.1) is 29.2 Å². The van der Waals surface area contributed by atoms with Crippen LogP contribution in [0.1, 0.15) is 64.6 Å². The average Bonchev–Trinajstić information content (AvgIpc) is 3.60. The maximum atomic E-state index is 13.3. The van der Waals surface area contributed by atoms with Crippen LogP contribution in [0.3, 0.4) is 0 Å². The number of carboxylic acids is 1. The molecule has 358 valence electrons. The Kier molecular flexibility index (Phi) is 15.8. The number of nitrogen functional groups attached to an aromatic ring is 1. The molecule has 12 N–H and O–H groups in total. The van der Waals surface area contributed by atoms with Crippen LogP contribution in [0.15, 0.2) is 80.9 Å². The first kappa shape index (κ1) is 50.5. The first-order chi connectivity index (χ1) is 31.5. The number of ether oxygens (including phenoxy) is 1. The number of nitrogens with one attached hydrogen (secondary N) is 4. The van der Waals surface area contributed by atoms with E-state index in [1.165, 1.54) is 36.4 Å². The fourth-order valence-electron chi connectivity index (χ4n) is 6.95. The highest BCUT2D eigenvalue weighted by Crippen LogP contribution is 2.66. The number of carbonyl (C=O) groups excluding carboxylic acids is 2. The molecule has 0 saturated carbocycles. The molecule has 0 bridgehead atoms. The van der Waals surface area contributed by atoms with Gasteiger partial charge in [0.1, 0.15) is 23.7 Å². The monoisotopic (exact) mass is 992 g/mol. The Morgan fingerprint density at radius 2 is 1.70 bits per heavy atom. The van der Waals surface area contributed by atoms with Crippen LogP contribution in [-0.2, 0) is 36.4 Å². The van der Waals surface area contributed by atoms with Crippen LogP contribution in [-0.4, -0.2) is 89.0 Å². The van der Waals surface area contributed by atoms with E-state index < -0.39 is 71.6 Å². The minimum Gasteiger partial charge on any atom is -0.478 e. The molecule has 3 heterocycles. The van der Waals surface area contributed by atoms with Gasteiger partial charge in [-0.1, -0.05) is 18.6 Å². The van der Waals surface area contributed by atoms with Crippen LogP contribution in [0, 0.1) is 5.41 Å². The average molecular weight is 993 g/mol. The van der Waals surface area contributed by atoms with Crippen molar-refractivity contribution < 1.29 is 80.2 Å². The zero-order chi connectivity index (χ0) is 48.8. The summed E-state index contributed by atoms with van der Waals surface area (Å²) in [5, 5.41) is 34.8. The number of unbranched alkanes of at least 4 members (excludes halogenated alkanes) is 2. The number of benzene rings is 3. The quantitative estimate of drug-likeness (QED) is 0.0231.